The van der Waals surface area contributed by atoms with Gasteiger partial charge < -0.3 is 14.6 Å². The lowest BCUT2D eigenvalue weighted by atomic mass is 9.77. The average molecular weight is 276 g/mol. The van der Waals surface area contributed by atoms with Gasteiger partial charge >= 0.3 is 0 Å². The van der Waals surface area contributed by atoms with Gasteiger partial charge in [-0.25, -0.2) is 0 Å². The summed E-state index contributed by atoms with van der Waals surface area (Å²) in [5.74, 6) is 1.40. The third-order valence-corrected chi connectivity index (χ3v) is 3.69. The first-order chi connectivity index (χ1) is 9.43. The van der Waals surface area contributed by atoms with E-state index in [-0.39, 0.29) is 0 Å². The van der Waals surface area contributed by atoms with Crippen LogP contribution in [0, 0.1) is 6.92 Å². The van der Waals surface area contributed by atoms with E-state index in [1.54, 1.807) is 14.2 Å². The Hall–Kier alpha value is -1.74. The molecule has 3 nitrogen and oxygen atoms in total. The van der Waals surface area contributed by atoms with Crippen molar-refractivity contribution in [2.75, 3.05) is 14.2 Å². The molecule has 0 spiro atoms. The molecular formula is C17H24O3. The second-order valence-electron chi connectivity index (χ2n) is 5.13. The highest BCUT2D eigenvalue weighted by atomic mass is 16.5. The molecule has 0 amide bonds. The van der Waals surface area contributed by atoms with Gasteiger partial charge in [0, 0.05) is 11.0 Å². The molecule has 1 N–H and O–H groups in total. The number of aliphatic hydroxyl groups is 1. The van der Waals surface area contributed by atoms with E-state index < -0.39 is 11.5 Å². The zero-order valence-corrected chi connectivity index (χ0v) is 12.8. The van der Waals surface area contributed by atoms with Gasteiger partial charge in [0.1, 0.15) is 0 Å². The van der Waals surface area contributed by atoms with Crippen LogP contribution in [0.1, 0.15) is 24.5 Å². The van der Waals surface area contributed by atoms with E-state index in [0.717, 1.165) is 11.1 Å². The summed E-state index contributed by atoms with van der Waals surface area (Å²) in [5.41, 5.74) is 1.52. The lowest BCUT2D eigenvalue weighted by Gasteiger charge is -2.30. The van der Waals surface area contributed by atoms with E-state index in [0.29, 0.717) is 17.9 Å². The minimum atomic E-state index is -0.602. The van der Waals surface area contributed by atoms with Crippen LogP contribution in [-0.2, 0) is 5.41 Å². The van der Waals surface area contributed by atoms with Crippen LogP contribution in [0.5, 0.6) is 11.5 Å². The molecule has 0 aliphatic heterocycles. The highest BCUT2D eigenvalue weighted by Gasteiger charge is 2.30. The number of benzene rings is 1. The first-order valence-electron chi connectivity index (χ1n) is 6.59. The van der Waals surface area contributed by atoms with Gasteiger partial charge in [-0.15, -0.1) is 13.2 Å². The molecule has 1 aromatic rings. The van der Waals surface area contributed by atoms with Crippen LogP contribution < -0.4 is 9.47 Å². The molecule has 2 unspecified atom stereocenters. The minimum absolute atomic E-state index is 0.431. The fraction of sp³-hybridized carbons (Fsp3) is 0.412. The number of hydrogen-bond donors (Lipinski definition) is 1. The Morgan fingerprint density at radius 3 is 2.30 bits per heavy atom. The second kappa shape index (κ2) is 6.62. The molecule has 0 aliphatic rings. The zero-order chi connectivity index (χ0) is 15.3. The summed E-state index contributed by atoms with van der Waals surface area (Å²) < 4.78 is 11.0. The Bertz CT molecular complexity index is 493. The third kappa shape index (κ3) is 3.05. The van der Waals surface area contributed by atoms with Gasteiger partial charge in [0.2, 0.25) is 0 Å². The standard InChI is InChI=1S/C17H24O3/c1-7-13(18)11-17(4,8-2)14-10-9-12(3)15(19-5)16(14)20-6/h7-10,13,18H,1-2,11H2,3-6H3. The molecule has 1 rings (SSSR count). The number of ether oxygens (including phenoxy) is 2. The van der Waals surface area contributed by atoms with Gasteiger partial charge in [-0.05, 0) is 18.9 Å². The summed E-state index contributed by atoms with van der Waals surface area (Å²) in [5, 5.41) is 9.89. The predicted octanol–water partition coefficient (Wildman–Crippen LogP) is 3.39. The Kier molecular flexibility index (Phi) is 5.40. The second-order valence-corrected chi connectivity index (χ2v) is 5.13. The van der Waals surface area contributed by atoms with E-state index in [2.05, 4.69) is 13.2 Å². The van der Waals surface area contributed by atoms with Crippen molar-refractivity contribution in [2.45, 2.75) is 31.8 Å². The minimum Gasteiger partial charge on any atom is -0.493 e. The third-order valence-electron chi connectivity index (χ3n) is 3.69. The number of hydrogen-bond acceptors (Lipinski definition) is 3. The normalized spacial score (nSPS) is 15.1. The summed E-state index contributed by atoms with van der Waals surface area (Å²) in [7, 11) is 3.24. The van der Waals surface area contributed by atoms with Crippen LogP contribution in [-0.4, -0.2) is 25.4 Å². The Balaban J connectivity index is 3.42. The molecule has 0 radical (unpaired) electrons. The maximum atomic E-state index is 9.89. The maximum absolute atomic E-state index is 9.89. The summed E-state index contributed by atoms with van der Waals surface area (Å²) in [6, 6.07) is 3.98. The van der Waals surface area contributed by atoms with E-state index in [9.17, 15) is 5.11 Å². The van der Waals surface area contributed by atoms with Gasteiger partial charge in [0.05, 0.1) is 20.3 Å². The summed E-state index contributed by atoms with van der Waals surface area (Å²) in [4.78, 5) is 0. The summed E-state index contributed by atoms with van der Waals surface area (Å²) in [6.07, 6.45) is 3.24. The molecule has 0 fully saturated rings. The molecule has 0 aliphatic carbocycles. The predicted molar refractivity (Wildman–Crippen MR) is 82.7 cm³/mol. The highest BCUT2D eigenvalue weighted by molar-refractivity contribution is 5.55. The van der Waals surface area contributed by atoms with Crippen molar-refractivity contribution in [1.82, 2.24) is 0 Å². The van der Waals surface area contributed by atoms with Crippen molar-refractivity contribution in [1.29, 1.82) is 0 Å². The van der Waals surface area contributed by atoms with Gasteiger partial charge in [-0.1, -0.05) is 31.2 Å². The zero-order valence-electron chi connectivity index (χ0n) is 12.8. The molecular weight excluding hydrogens is 252 g/mol. The lowest BCUT2D eigenvalue weighted by molar-refractivity contribution is 0.189. The monoisotopic (exact) mass is 276 g/mol. The van der Waals surface area contributed by atoms with Gasteiger partial charge in [0.25, 0.3) is 0 Å². The van der Waals surface area contributed by atoms with Gasteiger partial charge in [0.15, 0.2) is 11.5 Å². The maximum Gasteiger partial charge on any atom is 0.165 e. The molecule has 20 heavy (non-hydrogen) atoms. The van der Waals surface area contributed by atoms with Crippen LogP contribution in [0.15, 0.2) is 37.4 Å². The number of allylic oxidation sites excluding steroid dienone is 1. The molecule has 0 bridgehead atoms. The van der Waals surface area contributed by atoms with Crippen molar-refractivity contribution in [3.63, 3.8) is 0 Å². The van der Waals surface area contributed by atoms with E-state index >= 15 is 0 Å². The fourth-order valence-corrected chi connectivity index (χ4v) is 2.39. The van der Waals surface area contributed by atoms with Crippen LogP contribution in [0.2, 0.25) is 0 Å². The average Bonchev–Trinajstić information content (AvgIpc) is 2.46. The van der Waals surface area contributed by atoms with Gasteiger partial charge in [-0.2, -0.15) is 0 Å². The van der Waals surface area contributed by atoms with Crippen molar-refractivity contribution >= 4 is 0 Å². The van der Waals surface area contributed by atoms with E-state index in [4.69, 9.17) is 9.47 Å². The molecule has 0 heterocycles. The largest absolute Gasteiger partial charge is 0.493 e. The van der Waals surface area contributed by atoms with Crippen LogP contribution in [0.25, 0.3) is 0 Å². The summed E-state index contributed by atoms with van der Waals surface area (Å²) >= 11 is 0. The molecule has 110 valence electrons. The van der Waals surface area contributed by atoms with Crippen molar-refractivity contribution < 1.29 is 14.6 Å². The van der Waals surface area contributed by atoms with Crippen molar-refractivity contribution in [3.05, 3.63) is 48.6 Å². The molecule has 3 heteroatoms. The Morgan fingerprint density at radius 1 is 1.25 bits per heavy atom. The fourth-order valence-electron chi connectivity index (χ4n) is 2.39. The topological polar surface area (TPSA) is 38.7 Å². The SMILES string of the molecule is C=CC(O)CC(C)(C=C)c1ccc(C)c(OC)c1OC. The molecule has 1 aromatic carbocycles. The van der Waals surface area contributed by atoms with Crippen molar-refractivity contribution in [3.8, 4) is 11.5 Å². The number of rotatable bonds is 7. The summed E-state index contributed by atoms with van der Waals surface area (Å²) in [6.45, 7) is 11.5. The van der Waals surface area contributed by atoms with Crippen LogP contribution in [0.3, 0.4) is 0 Å². The Morgan fingerprint density at radius 2 is 1.85 bits per heavy atom. The van der Waals surface area contributed by atoms with Crippen molar-refractivity contribution in [2.24, 2.45) is 0 Å². The lowest BCUT2D eigenvalue weighted by Crippen LogP contribution is -2.25. The smallest absolute Gasteiger partial charge is 0.165 e. The van der Waals surface area contributed by atoms with E-state index in [1.807, 2.05) is 32.1 Å². The number of aryl methyl sites for hydroxylation is 1. The molecule has 0 saturated carbocycles. The van der Waals surface area contributed by atoms with Crippen LogP contribution >= 0.6 is 0 Å². The number of aliphatic hydroxyl groups excluding tert-OH is 1. The van der Waals surface area contributed by atoms with E-state index in [1.165, 1.54) is 6.08 Å². The molecule has 2 atom stereocenters. The number of methoxy groups -OCH3 is 2. The van der Waals surface area contributed by atoms with Crippen LogP contribution in [0.4, 0.5) is 0 Å². The van der Waals surface area contributed by atoms with Gasteiger partial charge in [-0.3, -0.25) is 0 Å². The Labute approximate surface area is 121 Å². The quantitative estimate of drug-likeness (QED) is 0.776. The first-order valence-corrected chi connectivity index (χ1v) is 6.59. The molecule has 0 aromatic heterocycles. The first kappa shape index (κ1) is 16.3. The molecule has 0 saturated heterocycles. The highest BCUT2D eigenvalue weighted by Crippen LogP contribution is 2.43.